The molecule has 1 aliphatic carbocycles. The molecule has 0 aliphatic heterocycles. The summed E-state index contributed by atoms with van der Waals surface area (Å²) in [4.78, 5) is 22.9. The SMILES string of the molecule is CS(=O)(=O)C1CCC(O)(CNC(=O)O)C(NC(=O)OCc2ccccc2)C1. The van der Waals surface area contributed by atoms with Crippen LogP contribution in [-0.2, 0) is 21.2 Å². The smallest absolute Gasteiger partial charge is 0.407 e. The van der Waals surface area contributed by atoms with Gasteiger partial charge in [0.1, 0.15) is 22.0 Å². The van der Waals surface area contributed by atoms with Crippen molar-refractivity contribution >= 4 is 22.0 Å². The van der Waals surface area contributed by atoms with Crippen LogP contribution in [-0.4, -0.2) is 60.5 Å². The molecule has 0 spiro atoms. The quantitative estimate of drug-likeness (QED) is 0.555. The average Bonchev–Trinajstić information content (AvgIpc) is 2.60. The van der Waals surface area contributed by atoms with Crippen molar-refractivity contribution in [3.8, 4) is 0 Å². The summed E-state index contributed by atoms with van der Waals surface area (Å²) in [6, 6.07) is 8.00. The molecule has 1 aliphatic rings. The second-order valence-electron chi connectivity index (χ2n) is 6.75. The Hall–Kier alpha value is -2.33. The van der Waals surface area contributed by atoms with E-state index in [1.54, 1.807) is 24.3 Å². The van der Waals surface area contributed by atoms with Crippen molar-refractivity contribution in [2.24, 2.45) is 0 Å². The molecule has 1 fully saturated rings. The van der Waals surface area contributed by atoms with Gasteiger partial charge in [-0.25, -0.2) is 18.0 Å². The Labute approximate surface area is 157 Å². The van der Waals surface area contributed by atoms with Crippen LogP contribution in [0.25, 0.3) is 0 Å². The molecule has 1 aromatic rings. The van der Waals surface area contributed by atoms with Gasteiger partial charge >= 0.3 is 12.2 Å². The van der Waals surface area contributed by atoms with Gasteiger partial charge in [0.25, 0.3) is 0 Å². The van der Waals surface area contributed by atoms with Crippen molar-refractivity contribution in [3.05, 3.63) is 35.9 Å². The van der Waals surface area contributed by atoms with E-state index >= 15 is 0 Å². The summed E-state index contributed by atoms with van der Waals surface area (Å²) in [6.07, 6.45) is -0.868. The van der Waals surface area contributed by atoms with E-state index in [-0.39, 0.29) is 32.4 Å². The average molecular weight is 400 g/mol. The second kappa shape index (κ2) is 8.57. The summed E-state index contributed by atoms with van der Waals surface area (Å²) in [5.74, 6) is 0. The fourth-order valence-corrected chi connectivity index (χ4v) is 4.20. The number of ether oxygens (including phenoxy) is 1. The van der Waals surface area contributed by atoms with Crippen LogP contribution in [0.5, 0.6) is 0 Å². The minimum Gasteiger partial charge on any atom is -0.465 e. The van der Waals surface area contributed by atoms with Crippen LogP contribution in [0, 0.1) is 0 Å². The predicted molar refractivity (Wildman–Crippen MR) is 97.0 cm³/mol. The molecule has 0 bridgehead atoms. The third-order valence-corrected chi connectivity index (χ3v) is 6.34. The monoisotopic (exact) mass is 400 g/mol. The largest absolute Gasteiger partial charge is 0.465 e. The zero-order chi connectivity index (χ0) is 20.1. The number of sulfone groups is 1. The molecule has 9 nitrogen and oxygen atoms in total. The van der Waals surface area contributed by atoms with Crippen molar-refractivity contribution in [3.63, 3.8) is 0 Å². The van der Waals surface area contributed by atoms with Crippen molar-refractivity contribution in [2.75, 3.05) is 12.8 Å². The second-order valence-corrected chi connectivity index (χ2v) is 9.07. The van der Waals surface area contributed by atoms with E-state index < -0.39 is 38.9 Å². The van der Waals surface area contributed by atoms with Gasteiger partial charge in [-0.3, -0.25) is 0 Å². The molecule has 27 heavy (non-hydrogen) atoms. The Morgan fingerprint density at radius 1 is 1.30 bits per heavy atom. The van der Waals surface area contributed by atoms with E-state index in [1.165, 1.54) is 0 Å². The number of hydrogen-bond acceptors (Lipinski definition) is 6. The van der Waals surface area contributed by atoms with Crippen LogP contribution in [0.3, 0.4) is 0 Å². The number of alkyl carbamates (subject to hydrolysis) is 1. The summed E-state index contributed by atoms with van der Waals surface area (Å²) in [5.41, 5.74) is -0.834. The summed E-state index contributed by atoms with van der Waals surface area (Å²) in [6.45, 7) is -0.316. The first-order valence-electron chi connectivity index (χ1n) is 8.45. The number of nitrogens with one attached hydrogen (secondary N) is 2. The van der Waals surface area contributed by atoms with Gasteiger partial charge < -0.3 is 25.6 Å². The fourth-order valence-electron chi connectivity index (χ4n) is 3.11. The zero-order valence-electron chi connectivity index (χ0n) is 14.9. The van der Waals surface area contributed by atoms with Crippen LogP contribution in [0.4, 0.5) is 9.59 Å². The molecular formula is C17H24N2O7S. The molecule has 3 atom stereocenters. The number of amides is 2. The molecule has 4 N–H and O–H groups in total. The Morgan fingerprint density at radius 2 is 1.96 bits per heavy atom. The number of carbonyl (C=O) groups is 2. The van der Waals surface area contributed by atoms with Gasteiger partial charge in [0, 0.05) is 6.26 Å². The van der Waals surface area contributed by atoms with Crippen LogP contribution in [0.1, 0.15) is 24.8 Å². The van der Waals surface area contributed by atoms with Crippen molar-refractivity contribution in [1.82, 2.24) is 10.6 Å². The first kappa shape index (κ1) is 21.0. The van der Waals surface area contributed by atoms with Gasteiger partial charge in [0.2, 0.25) is 0 Å². The maximum absolute atomic E-state index is 12.1. The molecule has 10 heteroatoms. The molecule has 2 amide bonds. The van der Waals surface area contributed by atoms with Gasteiger partial charge in [-0.15, -0.1) is 0 Å². The van der Waals surface area contributed by atoms with Crippen molar-refractivity contribution in [1.29, 1.82) is 0 Å². The van der Waals surface area contributed by atoms with Gasteiger partial charge in [-0.1, -0.05) is 30.3 Å². The van der Waals surface area contributed by atoms with E-state index in [2.05, 4.69) is 10.6 Å². The first-order chi connectivity index (χ1) is 12.6. The number of aliphatic hydroxyl groups is 1. The van der Waals surface area contributed by atoms with Crippen LogP contribution >= 0.6 is 0 Å². The maximum Gasteiger partial charge on any atom is 0.407 e. The Balaban J connectivity index is 2.05. The maximum atomic E-state index is 12.1. The first-order valence-corrected chi connectivity index (χ1v) is 10.4. The van der Waals surface area contributed by atoms with Gasteiger partial charge in [0.15, 0.2) is 0 Å². The molecule has 0 heterocycles. The number of carboxylic acid groups (broad SMARTS) is 1. The highest BCUT2D eigenvalue weighted by atomic mass is 32.2. The number of hydrogen-bond donors (Lipinski definition) is 4. The molecule has 2 rings (SSSR count). The molecule has 3 unspecified atom stereocenters. The molecule has 1 aromatic carbocycles. The number of rotatable bonds is 6. The van der Waals surface area contributed by atoms with E-state index in [4.69, 9.17) is 9.84 Å². The minimum atomic E-state index is -3.37. The van der Waals surface area contributed by atoms with Gasteiger partial charge in [-0.2, -0.15) is 0 Å². The van der Waals surface area contributed by atoms with Crippen LogP contribution < -0.4 is 10.6 Å². The highest BCUT2D eigenvalue weighted by Crippen LogP contribution is 2.32. The molecule has 0 saturated heterocycles. The van der Waals surface area contributed by atoms with E-state index in [0.29, 0.717) is 0 Å². The minimum absolute atomic E-state index is 0.0146. The van der Waals surface area contributed by atoms with Crippen LogP contribution in [0.15, 0.2) is 30.3 Å². The zero-order valence-corrected chi connectivity index (χ0v) is 15.7. The molecule has 1 saturated carbocycles. The summed E-state index contributed by atoms with van der Waals surface area (Å²) >= 11 is 0. The normalized spacial score (nSPS) is 25.4. The lowest BCUT2D eigenvalue weighted by Gasteiger charge is -2.42. The third-order valence-electron chi connectivity index (χ3n) is 4.70. The lowest BCUT2D eigenvalue weighted by Crippen LogP contribution is -2.62. The Kier molecular flexibility index (Phi) is 6.66. The lowest BCUT2D eigenvalue weighted by molar-refractivity contribution is -0.0237. The summed E-state index contributed by atoms with van der Waals surface area (Å²) in [5, 5.41) is 23.5. The lowest BCUT2D eigenvalue weighted by atomic mass is 9.80. The highest BCUT2D eigenvalue weighted by Gasteiger charge is 2.45. The van der Waals surface area contributed by atoms with Crippen molar-refractivity contribution < 1.29 is 33.0 Å². The molecule has 0 aromatic heterocycles. The number of carbonyl (C=O) groups excluding carboxylic acids is 1. The fraction of sp³-hybridized carbons (Fsp3) is 0.529. The molecule has 0 radical (unpaired) electrons. The van der Waals surface area contributed by atoms with E-state index in [1.807, 2.05) is 6.07 Å². The topological polar surface area (TPSA) is 142 Å². The predicted octanol–water partition coefficient (Wildman–Crippen LogP) is 0.877. The third kappa shape index (κ3) is 6.10. The Bertz CT molecular complexity index is 769. The van der Waals surface area contributed by atoms with Gasteiger partial charge in [0.05, 0.1) is 17.8 Å². The van der Waals surface area contributed by atoms with Gasteiger partial charge in [-0.05, 0) is 24.8 Å². The number of benzene rings is 1. The summed E-state index contributed by atoms with van der Waals surface area (Å²) < 4.78 is 28.9. The van der Waals surface area contributed by atoms with Crippen LogP contribution in [0.2, 0.25) is 0 Å². The Morgan fingerprint density at radius 3 is 2.56 bits per heavy atom. The van der Waals surface area contributed by atoms with Crippen molar-refractivity contribution in [2.45, 2.75) is 42.8 Å². The standard InChI is InChI=1S/C17H24N2O7S/c1-27(24,25)13-7-8-17(23,11-18-15(20)21)14(9-13)19-16(22)26-10-12-5-3-2-4-6-12/h2-6,13-14,18,23H,7-11H2,1H3,(H,19,22)(H,20,21). The van der Waals surface area contributed by atoms with E-state index in [9.17, 15) is 23.1 Å². The van der Waals surface area contributed by atoms with E-state index in [0.717, 1.165) is 11.8 Å². The molecular weight excluding hydrogens is 376 g/mol. The summed E-state index contributed by atoms with van der Waals surface area (Å²) in [7, 11) is -3.37. The highest BCUT2D eigenvalue weighted by molar-refractivity contribution is 7.91. The molecule has 150 valence electrons.